The molecule has 3 heterocycles. The van der Waals surface area contributed by atoms with Gasteiger partial charge in [-0.1, -0.05) is 47.5 Å². The number of fused-ring (bicyclic) bond motifs is 5. The van der Waals surface area contributed by atoms with Gasteiger partial charge < -0.3 is 19.0 Å². The number of nitrogens with zero attached hydrogens (tertiary/aromatic N) is 3. The van der Waals surface area contributed by atoms with Gasteiger partial charge in [-0.3, -0.25) is 24.1 Å². The van der Waals surface area contributed by atoms with Crippen molar-refractivity contribution in [3.05, 3.63) is 113 Å². The summed E-state index contributed by atoms with van der Waals surface area (Å²) in [6.45, 7) is 1.74. The molecule has 13 heteroatoms. The molecule has 2 saturated heterocycles. The third-order valence-corrected chi connectivity index (χ3v) is 12.4. The molecule has 0 unspecified atom stereocenters. The van der Waals surface area contributed by atoms with Crippen LogP contribution in [-0.4, -0.2) is 47.9 Å². The van der Waals surface area contributed by atoms with Crippen LogP contribution in [0.15, 0.2) is 101 Å². The van der Waals surface area contributed by atoms with Gasteiger partial charge in [-0.25, -0.2) is 14.3 Å². The maximum absolute atomic E-state index is 14.7. The molecule has 5 aromatic rings. The van der Waals surface area contributed by atoms with E-state index < -0.39 is 52.6 Å². The molecule has 1 N–H and O–H groups in total. The molecular formula is C44H35ClFN3O8. The minimum atomic E-state index is -1.33. The molecule has 6 atom stereocenters. The van der Waals surface area contributed by atoms with Crippen LogP contribution in [0.1, 0.15) is 25.3 Å². The number of hydrogen-bond donors (Lipinski definition) is 1. The highest BCUT2D eigenvalue weighted by molar-refractivity contribution is 6.32. The van der Waals surface area contributed by atoms with Crippen LogP contribution in [0.5, 0.6) is 17.2 Å². The fraction of sp³-hybridized carbons (Fsp3) is 0.250. The van der Waals surface area contributed by atoms with Gasteiger partial charge in [0.05, 0.1) is 53.8 Å². The maximum Gasteiger partial charge on any atom is 0.241 e. The third kappa shape index (κ3) is 5.48. The predicted molar refractivity (Wildman–Crippen MR) is 209 cm³/mol. The van der Waals surface area contributed by atoms with Gasteiger partial charge in [-0.2, -0.15) is 0 Å². The Morgan fingerprint density at radius 3 is 2.28 bits per heavy atom. The first-order chi connectivity index (χ1) is 27.4. The van der Waals surface area contributed by atoms with Crippen LogP contribution in [0.3, 0.4) is 0 Å². The molecule has 1 saturated carbocycles. The molecule has 288 valence electrons. The lowest BCUT2D eigenvalue weighted by atomic mass is 9.52. The molecule has 1 aromatic heterocycles. The summed E-state index contributed by atoms with van der Waals surface area (Å²) in [5.74, 6) is -5.48. The molecule has 57 heavy (non-hydrogen) atoms. The number of imide groups is 2. The molecule has 4 amide bonds. The first kappa shape index (κ1) is 36.4. The summed E-state index contributed by atoms with van der Waals surface area (Å²) in [4.78, 5) is 64.7. The predicted octanol–water partition coefficient (Wildman–Crippen LogP) is 7.99. The second-order valence-electron chi connectivity index (χ2n) is 15.0. The quantitative estimate of drug-likeness (QED) is 0.128. The van der Waals surface area contributed by atoms with Crippen molar-refractivity contribution < 1.29 is 42.6 Å². The number of carbonyl (C=O) groups excluding carboxylic acids is 4. The summed E-state index contributed by atoms with van der Waals surface area (Å²) >= 11 is 6.13. The van der Waals surface area contributed by atoms with Crippen molar-refractivity contribution in [2.75, 3.05) is 24.0 Å². The van der Waals surface area contributed by atoms with Gasteiger partial charge in [-0.15, -0.1) is 0 Å². The average Bonchev–Trinajstić information content (AvgIpc) is 3.82. The lowest BCUT2D eigenvalue weighted by Crippen LogP contribution is -2.49. The monoisotopic (exact) mass is 787 g/mol. The zero-order valence-electron chi connectivity index (χ0n) is 30.9. The number of oxazole rings is 1. The number of anilines is 2. The number of halogens is 2. The highest BCUT2D eigenvalue weighted by Gasteiger charge is 2.67. The van der Waals surface area contributed by atoms with Gasteiger partial charge in [0.2, 0.25) is 35.3 Å². The molecule has 0 spiro atoms. The topological polar surface area (TPSA) is 139 Å². The second-order valence-corrected chi connectivity index (χ2v) is 15.4. The molecular weight excluding hydrogens is 753 g/mol. The number of para-hydroxylation sites is 2. The van der Waals surface area contributed by atoms with E-state index in [2.05, 4.69) is 4.98 Å². The van der Waals surface area contributed by atoms with Crippen molar-refractivity contribution in [2.24, 2.45) is 35.0 Å². The fourth-order valence-electron chi connectivity index (χ4n) is 9.31. The first-order valence-electron chi connectivity index (χ1n) is 18.4. The number of aromatic hydroxyl groups is 1. The first-order valence-corrected chi connectivity index (χ1v) is 18.8. The Morgan fingerprint density at radius 1 is 0.895 bits per heavy atom. The second kappa shape index (κ2) is 13.4. The number of ether oxygens (including phenoxy) is 2. The molecule has 9 rings (SSSR count). The minimum Gasteiger partial charge on any atom is -0.502 e. The fourth-order valence-corrected chi connectivity index (χ4v) is 9.48. The Morgan fingerprint density at radius 2 is 1.60 bits per heavy atom. The highest BCUT2D eigenvalue weighted by atomic mass is 35.5. The summed E-state index contributed by atoms with van der Waals surface area (Å²) in [5.41, 5.74) is 2.59. The summed E-state index contributed by atoms with van der Waals surface area (Å²) in [7, 11) is 2.83. The van der Waals surface area contributed by atoms with Gasteiger partial charge in [0, 0.05) is 11.5 Å². The molecule has 3 fully saturated rings. The van der Waals surface area contributed by atoms with E-state index in [1.807, 2.05) is 36.4 Å². The zero-order valence-corrected chi connectivity index (χ0v) is 31.7. The van der Waals surface area contributed by atoms with Gasteiger partial charge in [0.25, 0.3) is 0 Å². The minimum absolute atomic E-state index is 0.133. The molecule has 0 bridgehead atoms. The van der Waals surface area contributed by atoms with Crippen LogP contribution in [0.25, 0.3) is 28.6 Å². The summed E-state index contributed by atoms with van der Waals surface area (Å²) in [6, 6.07) is 21.2. The molecule has 2 aliphatic carbocycles. The Hall–Kier alpha value is -6.27. The Kier molecular flexibility index (Phi) is 8.58. The lowest BCUT2D eigenvalue weighted by Gasteiger charge is -2.47. The van der Waals surface area contributed by atoms with Gasteiger partial charge in [0.15, 0.2) is 17.1 Å². The average molecular weight is 788 g/mol. The third-order valence-electron chi connectivity index (χ3n) is 12.2. The number of phenols is 1. The number of amides is 4. The number of allylic oxidation sites excluding steroid dienone is 3. The Bertz CT molecular complexity index is 2540. The largest absolute Gasteiger partial charge is 0.502 e. The molecule has 11 nitrogen and oxygen atoms in total. The van der Waals surface area contributed by atoms with Crippen molar-refractivity contribution in [2.45, 2.75) is 19.8 Å². The molecule has 0 radical (unpaired) electrons. The number of carbonyl (C=O) groups is 4. The molecule has 4 aliphatic rings. The van der Waals surface area contributed by atoms with E-state index >= 15 is 0 Å². The Balaban J connectivity index is 1.09. The van der Waals surface area contributed by atoms with E-state index in [0.717, 1.165) is 16.5 Å². The Labute approximate surface area is 330 Å². The summed E-state index contributed by atoms with van der Waals surface area (Å²) < 4.78 is 30.9. The number of aromatic nitrogens is 1. The number of methoxy groups -OCH3 is 2. The van der Waals surface area contributed by atoms with Crippen LogP contribution in [0, 0.1) is 40.8 Å². The van der Waals surface area contributed by atoms with E-state index in [0.29, 0.717) is 33.8 Å². The number of benzene rings is 4. The van der Waals surface area contributed by atoms with E-state index in [9.17, 15) is 28.7 Å². The summed E-state index contributed by atoms with van der Waals surface area (Å²) in [5, 5.41) is 10.3. The van der Waals surface area contributed by atoms with Gasteiger partial charge in [-0.05, 0) is 98.0 Å². The highest BCUT2D eigenvalue weighted by Crippen LogP contribution is 2.61. The smallest absolute Gasteiger partial charge is 0.241 e. The molecule has 2 aliphatic heterocycles. The van der Waals surface area contributed by atoms with Gasteiger partial charge in [0.1, 0.15) is 11.3 Å². The van der Waals surface area contributed by atoms with E-state index in [4.69, 9.17) is 25.5 Å². The molecule has 4 aromatic carbocycles. The lowest BCUT2D eigenvalue weighted by molar-refractivity contribution is -0.132. The van der Waals surface area contributed by atoms with Crippen molar-refractivity contribution in [3.8, 4) is 28.7 Å². The van der Waals surface area contributed by atoms with Crippen LogP contribution in [-0.2, 0) is 19.2 Å². The SMILES string of the molecule is COc1cc(C=C[C@H]2C3=CC[C@@H]4C(=O)N(c5ccc(-c6nc7ccccc7o6)cc5)C(=O)[C@@H]4[C@@H]3C[C@H]3C(=O)N(c4ccc(F)c(Cl)c4)C(=O)[C@@]23C)cc(OC)c1O. The standard InChI is InChI=1S/C44H35ClFN3O8/c1-44-29(16-8-22-18-35(55-2)38(50)36(19-22)56-3)26-14-15-27-37(28(26)21-30(44)41(52)49(43(44)54)25-13-17-32(46)31(45)20-25)42(53)48(40(27)51)24-11-9-23(10-12-24)39-47-33-6-4-5-7-34(33)57-39/h4-14,16-20,27-30,37,50H,15,21H2,1-3H3/t27-,28+,29-,30-,37-,44-/m0/s1. The van der Waals surface area contributed by atoms with Crippen LogP contribution < -0.4 is 19.3 Å². The van der Waals surface area contributed by atoms with Crippen LogP contribution in [0.2, 0.25) is 5.02 Å². The van der Waals surface area contributed by atoms with Crippen LogP contribution in [0.4, 0.5) is 15.8 Å². The number of rotatable bonds is 7. The zero-order chi connectivity index (χ0) is 39.9. The number of hydrogen-bond acceptors (Lipinski definition) is 9. The van der Waals surface area contributed by atoms with Crippen LogP contribution >= 0.6 is 11.6 Å². The van der Waals surface area contributed by atoms with E-state index in [-0.39, 0.29) is 52.6 Å². The van der Waals surface area contributed by atoms with Crippen molar-refractivity contribution in [3.63, 3.8) is 0 Å². The van der Waals surface area contributed by atoms with E-state index in [1.165, 1.54) is 31.3 Å². The number of phenolic OH excluding ortho intramolecular Hbond substituents is 1. The summed E-state index contributed by atoms with van der Waals surface area (Å²) in [6.07, 6.45) is 5.92. The maximum atomic E-state index is 14.7. The van der Waals surface area contributed by atoms with Crippen molar-refractivity contribution in [1.82, 2.24) is 4.98 Å². The van der Waals surface area contributed by atoms with Gasteiger partial charge >= 0.3 is 0 Å². The van der Waals surface area contributed by atoms with Crippen molar-refractivity contribution in [1.29, 1.82) is 0 Å². The normalized spacial score (nSPS) is 25.6. The van der Waals surface area contributed by atoms with Crippen molar-refractivity contribution >= 4 is 63.8 Å². The van der Waals surface area contributed by atoms with E-state index in [1.54, 1.807) is 49.4 Å².